The number of carbonyl (C=O) groups is 1. The molecule has 0 unspecified atom stereocenters. The summed E-state index contributed by atoms with van der Waals surface area (Å²) in [5.74, 6) is 0.735. The van der Waals surface area contributed by atoms with Crippen molar-refractivity contribution in [1.82, 2.24) is 10.6 Å². The van der Waals surface area contributed by atoms with Crippen LogP contribution in [0.25, 0.3) is 0 Å². The molecular weight excluding hydrogens is 308 g/mol. The number of rotatable bonds is 7. The van der Waals surface area contributed by atoms with Gasteiger partial charge in [0.25, 0.3) is 0 Å². The number of nitrogens with one attached hydrogen (secondary N) is 2. The van der Waals surface area contributed by atoms with E-state index in [0.717, 1.165) is 22.3 Å². The Morgan fingerprint density at radius 2 is 2.21 bits per heavy atom. The van der Waals surface area contributed by atoms with Crippen molar-refractivity contribution in [3.63, 3.8) is 0 Å². The lowest BCUT2D eigenvalue weighted by molar-refractivity contribution is -0.120. The number of hydrogen-bond acceptors (Lipinski definition) is 3. The third-order valence-corrected chi connectivity index (χ3v) is 3.24. The van der Waals surface area contributed by atoms with Gasteiger partial charge in [0, 0.05) is 22.6 Å². The smallest absolute Gasteiger partial charge is 0.224 e. The highest BCUT2D eigenvalue weighted by Crippen LogP contribution is 2.23. The number of halogens is 1. The molecule has 1 aromatic carbocycles. The minimum absolute atomic E-state index is 0.00107. The SMILES string of the molecule is CCN[C@H](C)CNC(=O)Cc1cc(Br)ccc1OC. The fraction of sp³-hybridized carbons (Fsp3) is 0.500. The standard InChI is InChI=1S/C14H21BrN2O2/c1-4-16-10(2)9-17-14(18)8-11-7-12(15)5-6-13(11)19-3/h5-7,10,16H,4,8-9H2,1-3H3,(H,17,18)/t10-/m1/s1. The number of carbonyl (C=O) groups excluding carboxylic acids is 1. The predicted molar refractivity (Wildman–Crippen MR) is 80.5 cm³/mol. The molecule has 0 heterocycles. The van der Waals surface area contributed by atoms with Crippen molar-refractivity contribution in [2.45, 2.75) is 26.3 Å². The molecule has 0 aromatic heterocycles. The van der Waals surface area contributed by atoms with E-state index in [1.165, 1.54) is 0 Å². The van der Waals surface area contributed by atoms with Gasteiger partial charge in [-0.05, 0) is 31.7 Å². The lowest BCUT2D eigenvalue weighted by Crippen LogP contribution is -2.39. The largest absolute Gasteiger partial charge is 0.496 e. The monoisotopic (exact) mass is 328 g/mol. The second-order valence-corrected chi connectivity index (χ2v) is 5.31. The molecule has 1 amide bonds. The maximum atomic E-state index is 11.9. The minimum Gasteiger partial charge on any atom is -0.496 e. The summed E-state index contributed by atoms with van der Waals surface area (Å²) in [7, 11) is 1.61. The molecule has 19 heavy (non-hydrogen) atoms. The van der Waals surface area contributed by atoms with Gasteiger partial charge in [-0.15, -0.1) is 0 Å². The second kappa shape index (κ2) is 8.17. The van der Waals surface area contributed by atoms with Crippen LogP contribution in [0, 0.1) is 0 Å². The second-order valence-electron chi connectivity index (χ2n) is 4.40. The Balaban J connectivity index is 2.54. The fourth-order valence-electron chi connectivity index (χ4n) is 1.81. The molecule has 1 aromatic rings. The Morgan fingerprint density at radius 3 is 2.84 bits per heavy atom. The lowest BCUT2D eigenvalue weighted by Gasteiger charge is -2.14. The van der Waals surface area contributed by atoms with Gasteiger partial charge in [0.2, 0.25) is 5.91 Å². The van der Waals surface area contributed by atoms with Gasteiger partial charge in [-0.2, -0.15) is 0 Å². The summed E-state index contributed by atoms with van der Waals surface area (Å²) in [4.78, 5) is 11.9. The van der Waals surface area contributed by atoms with E-state index in [1.54, 1.807) is 7.11 Å². The van der Waals surface area contributed by atoms with Crippen molar-refractivity contribution in [1.29, 1.82) is 0 Å². The van der Waals surface area contributed by atoms with Crippen molar-refractivity contribution < 1.29 is 9.53 Å². The van der Waals surface area contributed by atoms with E-state index < -0.39 is 0 Å². The first-order valence-corrected chi connectivity index (χ1v) is 7.18. The van der Waals surface area contributed by atoms with Gasteiger partial charge in [-0.3, -0.25) is 4.79 Å². The minimum atomic E-state index is 0.00107. The van der Waals surface area contributed by atoms with Gasteiger partial charge in [-0.25, -0.2) is 0 Å². The Morgan fingerprint density at radius 1 is 1.47 bits per heavy atom. The van der Waals surface area contributed by atoms with Crippen molar-refractivity contribution in [2.75, 3.05) is 20.2 Å². The molecule has 4 nitrogen and oxygen atoms in total. The van der Waals surface area contributed by atoms with Gasteiger partial charge in [0.1, 0.15) is 5.75 Å². The van der Waals surface area contributed by atoms with Crippen LogP contribution in [0.3, 0.4) is 0 Å². The first-order valence-electron chi connectivity index (χ1n) is 6.39. The molecule has 0 aliphatic carbocycles. The number of methoxy groups -OCH3 is 1. The quantitative estimate of drug-likeness (QED) is 0.806. The predicted octanol–water partition coefficient (Wildman–Crippen LogP) is 2.11. The van der Waals surface area contributed by atoms with Crippen LogP contribution in [0.5, 0.6) is 5.75 Å². The summed E-state index contributed by atoms with van der Waals surface area (Å²) in [5, 5.41) is 6.16. The molecule has 0 fully saturated rings. The summed E-state index contributed by atoms with van der Waals surface area (Å²) < 4.78 is 6.19. The third kappa shape index (κ3) is 5.61. The topological polar surface area (TPSA) is 50.4 Å². The van der Waals surface area contributed by atoms with E-state index in [1.807, 2.05) is 32.0 Å². The van der Waals surface area contributed by atoms with Crippen LogP contribution in [0.15, 0.2) is 22.7 Å². The fourth-order valence-corrected chi connectivity index (χ4v) is 2.22. The molecule has 5 heteroatoms. The Labute approximate surface area is 123 Å². The highest BCUT2D eigenvalue weighted by Gasteiger charge is 2.10. The van der Waals surface area contributed by atoms with E-state index in [2.05, 4.69) is 26.6 Å². The lowest BCUT2D eigenvalue weighted by atomic mass is 10.1. The number of amides is 1. The summed E-state index contributed by atoms with van der Waals surface area (Å²) in [6.45, 7) is 5.62. The Bertz CT molecular complexity index is 424. The average Bonchev–Trinajstić information content (AvgIpc) is 2.37. The van der Waals surface area contributed by atoms with Gasteiger partial charge < -0.3 is 15.4 Å². The Hall–Kier alpha value is -1.07. The van der Waals surface area contributed by atoms with Gasteiger partial charge in [0.15, 0.2) is 0 Å². The molecule has 0 aliphatic heterocycles. The van der Waals surface area contributed by atoms with Crippen LogP contribution >= 0.6 is 15.9 Å². The van der Waals surface area contributed by atoms with E-state index in [-0.39, 0.29) is 11.9 Å². The summed E-state index contributed by atoms with van der Waals surface area (Å²) in [6.07, 6.45) is 0.321. The van der Waals surface area contributed by atoms with Crippen molar-refractivity contribution in [3.8, 4) is 5.75 Å². The van der Waals surface area contributed by atoms with Crippen LogP contribution in [0.2, 0.25) is 0 Å². The number of benzene rings is 1. The molecule has 1 atom stereocenters. The van der Waals surface area contributed by atoms with Crippen molar-refractivity contribution in [2.24, 2.45) is 0 Å². The molecule has 1 rings (SSSR count). The highest BCUT2D eigenvalue weighted by atomic mass is 79.9. The van der Waals surface area contributed by atoms with Crippen molar-refractivity contribution in [3.05, 3.63) is 28.2 Å². The number of likely N-dealkylation sites (N-methyl/N-ethyl adjacent to an activating group) is 1. The van der Waals surface area contributed by atoms with Gasteiger partial charge >= 0.3 is 0 Å². The molecule has 106 valence electrons. The van der Waals surface area contributed by atoms with Gasteiger partial charge in [-0.1, -0.05) is 22.9 Å². The van der Waals surface area contributed by atoms with E-state index in [9.17, 15) is 4.79 Å². The Kier molecular flexibility index (Phi) is 6.87. The summed E-state index contributed by atoms with van der Waals surface area (Å²) in [5.41, 5.74) is 0.880. The first-order chi connectivity index (χ1) is 9.06. The number of ether oxygens (including phenoxy) is 1. The zero-order chi connectivity index (χ0) is 14.3. The van der Waals surface area contributed by atoms with E-state index >= 15 is 0 Å². The maximum Gasteiger partial charge on any atom is 0.224 e. The summed E-state index contributed by atoms with van der Waals surface area (Å²) >= 11 is 3.40. The number of hydrogen-bond donors (Lipinski definition) is 2. The highest BCUT2D eigenvalue weighted by molar-refractivity contribution is 9.10. The van der Waals surface area contributed by atoms with Crippen molar-refractivity contribution >= 4 is 21.8 Å². The molecular formula is C14H21BrN2O2. The van der Waals surface area contributed by atoms with Crippen LogP contribution in [-0.2, 0) is 11.2 Å². The van der Waals surface area contributed by atoms with Crippen LogP contribution in [0.1, 0.15) is 19.4 Å². The van der Waals surface area contributed by atoms with Crippen LogP contribution in [-0.4, -0.2) is 32.1 Å². The van der Waals surface area contributed by atoms with Crippen LogP contribution < -0.4 is 15.4 Å². The van der Waals surface area contributed by atoms with E-state index in [0.29, 0.717) is 13.0 Å². The molecule has 0 saturated heterocycles. The first kappa shape index (κ1) is 16.0. The van der Waals surface area contributed by atoms with Crippen LogP contribution in [0.4, 0.5) is 0 Å². The third-order valence-electron chi connectivity index (χ3n) is 2.75. The average molecular weight is 329 g/mol. The molecule has 0 bridgehead atoms. The zero-order valence-electron chi connectivity index (χ0n) is 11.6. The zero-order valence-corrected chi connectivity index (χ0v) is 13.2. The molecule has 0 spiro atoms. The molecule has 0 radical (unpaired) electrons. The van der Waals surface area contributed by atoms with E-state index in [4.69, 9.17) is 4.74 Å². The molecule has 2 N–H and O–H groups in total. The summed E-state index contributed by atoms with van der Waals surface area (Å²) in [6, 6.07) is 5.94. The molecule has 0 aliphatic rings. The maximum absolute atomic E-state index is 11.9. The normalized spacial score (nSPS) is 12.0. The molecule has 0 saturated carbocycles. The van der Waals surface area contributed by atoms with Gasteiger partial charge in [0.05, 0.1) is 13.5 Å².